The van der Waals surface area contributed by atoms with Gasteiger partial charge in [0.15, 0.2) is 11.5 Å². The number of likely N-dealkylation sites (tertiary alicyclic amines) is 1. The lowest BCUT2D eigenvalue weighted by Crippen LogP contribution is -2.48. The van der Waals surface area contributed by atoms with Gasteiger partial charge in [0.1, 0.15) is 11.3 Å². The van der Waals surface area contributed by atoms with Gasteiger partial charge >= 0.3 is 0 Å². The van der Waals surface area contributed by atoms with Gasteiger partial charge in [0.25, 0.3) is 5.91 Å². The number of nitrogens with zero attached hydrogens (tertiary/aromatic N) is 3. The van der Waals surface area contributed by atoms with Crippen LogP contribution < -0.4 is 0 Å². The van der Waals surface area contributed by atoms with Gasteiger partial charge in [-0.15, -0.1) is 0 Å². The van der Waals surface area contributed by atoms with E-state index in [0.29, 0.717) is 34.9 Å². The van der Waals surface area contributed by atoms with Crippen LogP contribution in [-0.4, -0.2) is 33.4 Å². The highest BCUT2D eigenvalue weighted by Crippen LogP contribution is 2.31. The van der Waals surface area contributed by atoms with Crippen LogP contribution in [0.25, 0.3) is 22.4 Å². The highest BCUT2D eigenvalue weighted by molar-refractivity contribution is 6.01. The Morgan fingerprint density at radius 1 is 1.18 bits per heavy atom. The van der Waals surface area contributed by atoms with E-state index in [1.807, 2.05) is 48.2 Å². The van der Waals surface area contributed by atoms with E-state index in [2.05, 4.69) is 16.9 Å². The maximum absolute atomic E-state index is 13.9. The van der Waals surface area contributed by atoms with Crippen molar-refractivity contribution >= 4 is 17.0 Å². The van der Waals surface area contributed by atoms with Crippen LogP contribution in [0.4, 0.5) is 4.39 Å². The van der Waals surface area contributed by atoms with E-state index < -0.39 is 0 Å². The Labute approximate surface area is 198 Å². The number of pyridine rings is 1. The number of halogens is 1. The van der Waals surface area contributed by atoms with E-state index in [1.165, 1.54) is 12.1 Å². The predicted molar refractivity (Wildman–Crippen MR) is 130 cm³/mol. The summed E-state index contributed by atoms with van der Waals surface area (Å²) >= 11 is 0. The molecule has 0 spiro atoms. The molecule has 1 saturated heterocycles. The van der Waals surface area contributed by atoms with Gasteiger partial charge in [0.2, 0.25) is 0 Å². The molecule has 5 rings (SSSR count). The Balaban J connectivity index is 1.41. The fourth-order valence-corrected chi connectivity index (χ4v) is 5.00. The summed E-state index contributed by atoms with van der Waals surface area (Å²) in [6.45, 7) is 4.94. The molecule has 2 aromatic carbocycles. The van der Waals surface area contributed by atoms with Crippen LogP contribution in [-0.2, 0) is 6.42 Å². The number of carbonyl (C=O) groups is 1. The SMILES string of the molecule is Cc1ccc(-c2ccccn2)c(C(=O)N2CCC[C@@H](C)[C@H]2CCc2nc3cc(F)ccc3o2)c1. The van der Waals surface area contributed by atoms with Crippen molar-refractivity contribution in [1.82, 2.24) is 14.9 Å². The minimum atomic E-state index is -0.327. The molecule has 1 aliphatic heterocycles. The molecule has 0 N–H and O–H groups in total. The number of rotatable bonds is 5. The lowest BCUT2D eigenvalue weighted by atomic mass is 9.86. The fourth-order valence-electron chi connectivity index (χ4n) is 5.00. The number of amides is 1. The topological polar surface area (TPSA) is 59.2 Å². The van der Waals surface area contributed by atoms with Crippen LogP contribution in [0.5, 0.6) is 0 Å². The van der Waals surface area contributed by atoms with E-state index in [1.54, 1.807) is 12.3 Å². The van der Waals surface area contributed by atoms with E-state index in [4.69, 9.17) is 4.42 Å². The molecule has 34 heavy (non-hydrogen) atoms. The van der Waals surface area contributed by atoms with E-state index in [-0.39, 0.29) is 17.8 Å². The molecule has 1 aliphatic rings. The zero-order chi connectivity index (χ0) is 23.7. The van der Waals surface area contributed by atoms with Crippen molar-refractivity contribution in [2.75, 3.05) is 6.54 Å². The smallest absolute Gasteiger partial charge is 0.254 e. The molecule has 0 aliphatic carbocycles. The van der Waals surface area contributed by atoms with Gasteiger partial charge in [0, 0.05) is 42.4 Å². The Morgan fingerprint density at radius 3 is 2.88 bits per heavy atom. The van der Waals surface area contributed by atoms with Crippen molar-refractivity contribution in [3.8, 4) is 11.3 Å². The highest BCUT2D eigenvalue weighted by atomic mass is 19.1. The molecule has 5 nitrogen and oxygen atoms in total. The van der Waals surface area contributed by atoms with Crippen molar-refractivity contribution in [1.29, 1.82) is 0 Å². The molecule has 1 amide bonds. The first kappa shape index (κ1) is 22.3. The van der Waals surface area contributed by atoms with Gasteiger partial charge in [0.05, 0.1) is 5.69 Å². The Kier molecular flexibility index (Phi) is 6.14. The molecule has 2 atom stereocenters. The summed E-state index contributed by atoms with van der Waals surface area (Å²) < 4.78 is 19.4. The number of hydrogen-bond acceptors (Lipinski definition) is 4. The van der Waals surface area contributed by atoms with Gasteiger partial charge in [-0.25, -0.2) is 9.37 Å². The number of carbonyl (C=O) groups excluding carboxylic acids is 1. The quantitative estimate of drug-likeness (QED) is 0.357. The molecule has 1 fully saturated rings. The summed E-state index contributed by atoms with van der Waals surface area (Å²) in [5, 5.41) is 0. The van der Waals surface area contributed by atoms with Crippen molar-refractivity contribution < 1.29 is 13.6 Å². The number of aromatic nitrogens is 2. The third-order valence-corrected chi connectivity index (χ3v) is 6.77. The number of hydrogen-bond donors (Lipinski definition) is 0. The van der Waals surface area contributed by atoms with Gasteiger partial charge in [-0.3, -0.25) is 9.78 Å². The second-order valence-electron chi connectivity index (χ2n) is 9.21. The summed E-state index contributed by atoms with van der Waals surface area (Å²) in [7, 11) is 0. The monoisotopic (exact) mass is 457 g/mol. The Hall–Kier alpha value is -3.54. The molecule has 0 unspecified atom stereocenters. The molecule has 0 radical (unpaired) electrons. The maximum Gasteiger partial charge on any atom is 0.254 e. The molecule has 0 bridgehead atoms. The van der Waals surface area contributed by atoms with Crippen LogP contribution in [0, 0.1) is 18.7 Å². The molecule has 3 heterocycles. The second-order valence-corrected chi connectivity index (χ2v) is 9.21. The Bertz CT molecular complexity index is 1320. The van der Waals surface area contributed by atoms with E-state index >= 15 is 0 Å². The number of piperidine rings is 1. The summed E-state index contributed by atoms with van der Waals surface area (Å²) in [5.41, 5.74) is 4.50. The van der Waals surface area contributed by atoms with Crippen LogP contribution in [0.15, 0.2) is 65.2 Å². The van der Waals surface area contributed by atoms with Gasteiger partial charge in [-0.2, -0.15) is 0 Å². The zero-order valence-corrected chi connectivity index (χ0v) is 19.5. The zero-order valence-electron chi connectivity index (χ0n) is 19.5. The fraction of sp³-hybridized carbons (Fsp3) is 0.321. The van der Waals surface area contributed by atoms with Gasteiger partial charge in [-0.1, -0.05) is 30.7 Å². The first-order valence-electron chi connectivity index (χ1n) is 11.9. The van der Waals surface area contributed by atoms with Crippen LogP contribution >= 0.6 is 0 Å². The summed E-state index contributed by atoms with van der Waals surface area (Å²) in [6.07, 6.45) is 5.15. The third kappa shape index (κ3) is 4.45. The summed E-state index contributed by atoms with van der Waals surface area (Å²) in [4.78, 5) is 24.9. The molecule has 0 saturated carbocycles. The van der Waals surface area contributed by atoms with Crippen molar-refractivity contribution in [2.24, 2.45) is 5.92 Å². The molecule has 4 aromatic rings. The second kappa shape index (κ2) is 9.37. The molecule has 6 heteroatoms. The maximum atomic E-state index is 13.9. The van der Waals surface area contributed by atoms with Gasteiger partial charge < -0.3 is 9.32 Å². The summed E-state index contributed by atoms with van der Waals surface area (Å²) in [5.74, 6) is 0.658. The van der Waals surface area contributed by atoms with Crippen LogP contribution in [0.3, 0.4) is 0 Å². The lowest BCUT2D eigenvalue weighted by Gasteiger charge is -2.40. The van der Waals surface area contributed by atoms with Crippen molar-refractivity contribution in [3.63, 3.8) is 0 Å². The number of benzene rings is 2. The summed E-state index contributed by atoms with van der Waals surface area (Å²) in [6, 6.07) is 16.2. The average Bonchev–Trinajstić information content (AvgIpc) is 3.25. The number of oxazole rings is 1. The first-order chi connectivity index (χ1) is 16.5. The highest BCUT2D eigenvalue weighted by Gasteiger charge is 2.33. The number of aryl methyl sites for hydroxylation is 2. The predicted octanol–water partition coefficient (Wildman–Crippen LogP) is 6.21. The minimum Gasteiger partial charge on any atom is -0.441 e. The standard InChI is InChI=1S/C28H28FN3O2/c1-18-8-10-21(23-7-3-4-14-30-23)22(16-18)28(33)32-15-5-6-19(2)25(32)11-13-27-31-24-17-20(29)9-12-26(24)34-27/h3-4,7-10,12,14,16-17,19,25H,5-6,11,13,15H2,1-2H3/t19-,25-/m1/s1. The first-order valence-corrected chi connectivity index (χ1v) is 11.9. The molecular formula is C28H28FN3O2. The Morgan fingerprint density at radius 2 is 2.06 bits per heavy atom. The van der Waals surface area contributed by atoms with Crippen molar-refractivity contribution in [3.05, 3.63) is 83.6 Å². The van der Waals surface area contributed by atoms with Crippen LogP contribution in [0.2, 0.25) is 0 Å². The van der Waals surface area contributed by atoms with Crippen LogP contribution in [0.1, 0.15) is 48.0 Å². The average molecular weight is 458 g/mol. The molecule has 174 valence electrons. The molecule has 2 aromatic heterocycles. The largest absolute Gasteiger partial charge is 0.441 e. The number of fused-ring (bicyclic) bond motifs is 1. The third-order valence-electron chi connectivity index (χ3n) is 6.77. The molecular weight excluding hydrogens is 429 g/mol. The van der Waals surface area contributed by atoms with E-state index in [9.17, 15) is 9.18 Å². The van der Waals surface area contributed by atoms with Gasteiger partial charge in [-0.05, 0) is 62.4 Å². The normalized spacial score (nSPS) is 18.4. The lowest BCUT2D eigenvalue weighted by molar-refractivity contribution is 0.0497. The minimum absolute atomic E-state index is 0.0422. The van der Waals surface area contributed by atoms with Crippen molar-refractivity contribution in [2.45, 2.75) is 45.6 Å². The van der Waals surface area contributed by atoms with E-state index in [0.717, 1.165) is 42.6 Å².